The van der Waals surface area contributed by atoms with Crippen molar-refractivity contribution in [2.45, 2.75) is 6.92 Å². The normalized spacial score (nSPS) is 10.4. The number of hydrogen-bond acceptors (Lipinski definition) is 4. The average molecular weight is 338 g/mol. The Labute approximate surface area is 137 Å². The minimum Gasteiger partial charge on any atom is -0.347 e. The van der Waals surface area contributed by atoms with Crippen LogP contribution in [0, 0.1) is 6.92 Å². The fourth-order valence-corrected chi connectivity index (χ4v) is 2.92. The number of carbonyl (C=O) groups excluding carboxylic acids is 2. The highest BCUT2D eigenvalue weighted by Crippen LogP contribution is 2.29. The van der Waals surface area contributed by atoms with E-state index in [1.807, 2.05) is 12.1 Å². The molecule has 2 rings (SSSR count). The van der Waals surface area contributed by atoms with Crippen molar-refractivity contribution in [2.75, 3.05) is 20.6 Å². The zero-order valence-electron chi connectivity index (χ0n) is 12.5. The summed E-state index contributed by atoms with van der Waals surface area (Å²) in [7, 11) is 3.29. The van der Waals surface area contributed by atoms with Crippen LogP contribution in [0.3, 0.4) is 0 Å². The molecule has 22 heavy (non-hydrogen) atoms. The van der Waals surface area contributed by atoms with E-state index in [2.05, 4.69) is 10.3 Å². The molecule has 0 unspecified atom stereocenters. The predicted octanol–water partition coefficient (Wildman–Crippen LogP) is 2.59. The summed E-state index contributed by atoms with van der Waals surface area (Å²) >= 11 is 7.26. The first kappa shape index (κ1) is 16.5. The minimum atomic E-state index is -0.293. The number of halogens is 1. The molecule has 0 aliphatic rings. The van der Waals surface area contributed by atoms with Crippen LogP contribution in [0.25, 0.3) is 10.6 Å². The van der Waals surface area contributed by atoms with E-state index in [0.29, 0.717) is 15.6 Å². The zero-order valence-corrected chi connectivity index (χ0v) is 14.1. The lowest BCUT2D eigenvalue weighted by atomic mass is 10.2. The molecule has 0 spiro atoms. The lowest BCUT2D eigenvalue weighted by Crippen LogP contribution is -2.36. The number of nitrogens with one attached hydrogen (secondary N) is 1. The molecule has 1 N–H and O–H groups in total. The number of aromatic nitrogens is 1. The van der Waals surface area contributed by atoms with Crippen molar-refractivity contribution >= 4 is 34.8 Å². The molecule has 116 valence electrons. The Hall–Kier alpha value is -1.92. The maximum absolute atomic E-state index is 12.2. The van der Waals surface area contributed by atoms with Gasteiger partial charge in [-0.25, -0.2) is 4.98 Å². The largest absolute Gasteiger partial charge is 0.347 e. The fourth-order valence-electron chi connectivity index (χ4n) is 1.75. The van der Waals surface area contributed by atoms with Gasteiger partial charge in [-0.05, 0) is 19.1 Å². The second-order valence-electron chi connectivity index (χ2n) is 4.91. The van der Waals surface area contributed by atoms with E-state index in [4.69, 9.17) is 11.6 Å². The van der Waals surface area contributed by atoms with Crippen LogP contribution in [0.1, 0.15) is 15.4 Å². The molecule has 1 heterocycles. The number of benzene rings is 1. The Morgan fingerprint density at radius 2 is 2.09 bits per heavy atom. The highest BCUT2D eigenvalue weighted by Gasteiger charge is 2.17. The zero-order chi connectivity index (χ0) is 16.3. The van der Waals surface area contributed by atoms with Crippen molar-refractivity contribution in [3.63, 3.8) is 0 Å². The number of nitrogens with zero attached hydrogens (tertiary/aromatic N) is 2. The molecule has 0 saturated heterocycles. The van der Waals surface area contributed by atoms with Crippen LogP contribution in [0.5, 0.6) is 0 Å². The van der Waals surface area contributed by atoms with Gasteiger partial charge in [-0.1, -0.05) is 23.7 Å². The summed E-state index contributed by atoms with van der Waals surface area (Å²) in [6, 6.07) is 7.31. The molecule has 2 aromatic rings. The van der Waals surface area contributed by atoms with Gasteiger partial charge in [-0.2, -0.15) is 0 Å². The maximum atomic E-state index is 12.2. The first-order valence-corrected chi connectivity index (χ1v) is 7.79. The quantitative estimate of drug-likeness (QED) is 0.932. The minimum absolute atomic E-state index is 0.0321. The maximum Gasteiger partial charge on any atom is 0.263 e. The molecule has 0 saturated carbocycles. The van der Waals surface area contributed by atoms with Gasteiger partial charge >= 0.3 is 0 Å². The van der Waals surface area contributed by atoms with Gasteiger partial charge in [0.25, 0.3) is 5.91 Å². The summed E-state index contributed by atoms with van der Waals surface area (Å²) in [6.07, 6.45) is 0. The number of likely N-dealkylation sites (N-methyl/N-ethyl adjacent to an activating group) is 1. The van der Waals surface area contributed by atoms with E-state index in [1.54, 1.807) is 33.2 Å². The third kappa shape index (κ3) is 3.84. The Morgan fingerprint density at radius 3 is 2.73 bits per heavy atom. The van der Waals surface area contributed by atoms with E-state index >= 15 is 0 Å². The van der Waals surface area contributed by atoms with Gasteiger partial charge in [0.2, 0.25) is 5.91 Å². The summed E-state index contributed by atoms with van der Waals surface area (Å²) in [5.74, 6) is -0.455. The molecular weight excluding hydrogens is 322 g/mol. The van der Waals surface area contributed by atoms with Crippen LogP contribution in [0.15, 0.2) is 24.3 Å². The molecule has 7 heteroatoms. The summed E-state index contributed by atoms with van der Waals surface area (Å²) in [5, 5.41) is 3.96. The third-order valence-electron chi connectivity index (χ3n) is 2.97. The molecule has 0 aliphatic heterocycles. The number of hydrogen-bond donors (Lipinski definition) is 1. The topological polar surface area (TPSA) is 62.3 Å². The number of amides is 2. The van der Waals surface area contributed by atoms with Crippen LogP contribution >= 0.6 is 22.9 Å². The highest BCUT2D eigenvalue weighted by molar-refractivity contribution is 7.17. The Morgan fingerprint density at radius 1 is 1.36 bits per heavy atom. The van der Waals surface area contributed by atoms with Crippen molar-refractivity contribution in [1.29, 1.82) is 0 Å². The molecule has 1 aromatic heterocycles. The number of aryl methyl sites for hydroxylation is 1. The standard InChI is InChI=1S/C15H16ClN3O2S/c1-9-13(14(21)17-8-12(20)19(2)3)22-15(18-9)10-5-4-6-11(16)7-10/h4-7H,8H2,1-3H3,(H,17,21). The van der Waals surface area contributed by atoms with Crippen LogP contribution in [-0.4, -0.2) is 42.3 Å². The first-order chi connectivity index (χ1) is 10.4. The third-order valence-corrected chi connectivity index (χ3v) is 4.41. The van der Waals surface area contributed by atoms with Crippen molar-refractivity contribution in [3.05, 3.63) is 39.9 Å². The highest BCUT2D eigenvalue weighted by atomic mass is 35.5. The molecule has 5 nitrogen and oxygen atoms in total. The molecule has 1 aromatic carbocycles. The smallest absolute Gasteiger partial charge is 0.263 e. The van der Waals surface area contributed by atoms with Crippen LogP contribution in [-0.2, 0) is 4.79 Å². The van der Waals surface area contributed by atoms with E-state index in [0.717, 1.165) is 10.6 Å². The Kier molecular flexibility index (Phi) is 5.15. The molecule has 2 amide bonds. The van der Waals surface area contributed by atoms with Gasteiger partial charge in [-0.15, -0.1) is 11.3 Å². The molecule has 0 radical (unpaired) electrons. The van der Waals surface area contributed by atoms with E-state index < -0.39 is 0 Å². The molecular formula is C15H16ClN3O2S. The number of rotatable bonds is 4. The van der Waals surface area contributed by atoms with Gasteiger partial charge < -0.3 is 10.2 Å². The van der Waals surface area contributed by atoms with Crippen LogP contribution in [0.2, 0.25) is 5.02 Å². The average Bonchev–Trinajstić information content (AvgIpc) is 2.86. The summed E-state index contributed by atoms with van der Waals surface area (Å²) < 4.78 is 0. The SMILES string of the molecule is Cc1nc(-c2cccc(Cl)c2)sc1C(=O)NCC(=O)N(C)C. The monoisotopic (exact) mass is 337 g/mol. The Bertz CT molecular complexity index is 713. The summed E-state index contributed by atoms with van der Waals surface area (Å²) in [5.41, 5.74) is 1.50. The lowest BCUT2D eigenvalue weighted by molar-refractivity contribution is -0.127. The van der Waals surface area contributed by atoms with Gasteiger partial charge in [-0.3, -0.25) is 9.59 Å². The van der Waals surface area contributed by atoms with Gasteiger partial charge in [0, 0.05) is 24.7 Å². The van der Waals surface area contributed by atoms with E-state index in [-0.39, 0.29) is 18.4 Å². The Balaban J connectivity index is 2.16. The molecule has 0 fully saturated rings. The van der Waals surface area contributed by atoms with Crippen molar-refractivity contribution in [3.8, 4) is 10.6 Å². The van der Waals surface area contributed by atoms with Crippen molar-refractivity contribution in [1.82, 2.24) is 15.2 Å². The number of thiazole rings is 1. The lowest BCUT2D eigenvalue weighted by Gasteiger charge is -2.10. The second-order valence-corrected chi connectivity index (χ2v) is 6.35. The van der Waals surface area contributed by atoms with Gasteiger partial charge in [0.05, 0.1) is 12.2 Å². The van der Waals surface area contributed by atoms with E-state index in [9.17, 15) is 9.59 Å². The van der Waals surface area contributed by atoms with Crippen molar-refractivity contribution < 1.29 is 9.59 Å². The molecule has 0 atom stereocenters. The van der Waals surface area contributed by atoms with Crippen molar-refractivity contribution in [2.24, 2.45) is 0 Å². The molecule has 0 aliphatic carbocycles. The van der Waals surface area contributed by atoms with Crippen LogP contribution < -0.4 is 5.32 Å². The van der Waals surface area contributed by atoms with Crippen LogP contribution in [0.4, 0.5) is 0 Å². The molecule has 0 bridgehead atoms. The van der Waals surface area contributed by atoms with E-state index in [1.165, 1.54) is 16.2 Å². The van der Waals surface area contributed by atoms with Gasteiger partial charge in [0.1, 0.15) is 9.88 Å². The predicted molar refractivity (Wildman–Crippen MR) is 88.3 cm³/mol. The first-order valence-electron chi connectivity index (χ1n) is 6.60. The number of carbonyl (C=O) groups is 2. The van der Waals surface area contributed by atoms with Gasteiger partial charge in [0.15, 0.2) is 0 Å². The summed E-state index contributed by atoms with van der Waals surface area (Å²) in [4.78, 5) is 30.0. The fraction of sp³-hybridized carbons (Fsp3) is 0.267. The second kappa shape index (κ2) is 6.89. The summed E-state index contributed by atoms with van der Waals surface area (Å²) in [6.45, 7) is 1.74.